The summed E-state index contributed by atoms with van der Waals surface area (Å²) in [7, 11) is 0. The van der Waals surface area contributed by atoms with E-state index in [0.717, 1.165) is 16.0 Å². The van der Waals surface area contributed by atoms with E-state index in [-0.39, 0.29) is 0 Å². The topological polar surface area (TPSA) is 46.2 Å². The van der Waals surface area contributed by atoms with E-state index < -0.39 is 5.60 Å². The summed E-state index contributed by atoms with van der Waals surface area (Å²) in [6.45, 7) is 0. The predicted molar refractivity (Wildman–Crippen MR) is 83.7 cm³/mol. The standard InChI is InChI=1S/C17H15NOS/c18-15-10-8-14(9-11-15)17(19,16-7-4-12-20-16)13-5-2-1-3-6-13/h1-12,19H,18H2. The number of rotatable bonds is 3. The molecular formula is C17H15NOS. The zero-order valence-electron chi connectivity index (χ0n) is 10.9. The van der Waals surface area contributed by atoms with Crippen LogP contribution in [-0.2, 0) is 5.60 Å². The Hall–Kier alpha value is -2.10. The molecule has 3 N–H and O–H groups in total. The van der Waals surface area contributed by atoms with Crippen molar-refractivity contribution in [2.45, 2.75) is 5.60 Å². The zero-order chi connectivity index (χ0) is 14.0. The Morgan fingerprint density at radius 2 is 1.45 bits per heavy atom. The summed E-state index contributed by atoms with van der Waals surface area (Å²) >= 11 is 1.54. The fourth-order valence-electron chi connectivity index (χ4n) is 2.34. The highest BCUT2D eigenvalue weighted by Gasteiger charge is 2.34. The fourth-order valence-corrected chi connectivity index (χ4v) is 3.21. The molecular weight excluding hydrogens is 266 g/mol. The maximum absolute atomic E-state index is 11.4. The Morgan fingerprint density at radius 1 is 0.800 bits per heavy atom. The van der Waals surface area contributed by atoms with Crippen LogP contribution in [0, 0.1) is 0 Å². The van der Waals surface area contributed by atoms with Gasteiger partial charge in [0.25, 0.3) is 0 Å². The third-order valence-corrected chi connectivity index (χ3v) is 4.38. The summed E-state index contributed by atoms with van der Waals surface area (Å²) in [5, 5.41) is 13.3. The van der Waals surface area contributed by atoms with Gasteiger partial charge in [-0.2, -0.15) is 0 Å². The van der Waals surface area contributed by atoms with E-state index in [1.165, 1.54) is 0 Å². The highest BCUT2D eigenvalue weighted by atomic mass is 32.1. The van der Waals surface area contributed by atoms with E-state index in [2.05, 4.69) is 0 Å². The second kappa shape index (κ2) is 5.12. The minimum atomic E-state index is -1.14. The lowest BCUT2D eigenvalue weighted by molar-refractivity contribution is 0.129. The molecule has 0 aliphatic carbocycles. The SMILES string of the molecule is Nc1ccc(C(O)(c2ccccc2)c2cccs2)cc1. The molecule has 0 spiro atoms. The lowest BCUT2D eigenvalue weighted by Crippen LogP contribution is -2.27. The molecule has 1 unspecified atom stereocenters. The van der Waals surface area contributed by atoms with Crippen LogP contribution in [0.25, 0.3) is 0 Å². The Kier molecular flexibility index (Phi) is 3.30. The van der Waals surface area contributed by atoms with Crippen LogP contribution < -0.4 is 5.73 Å². The van der Waals surface area contributed by atoms with Crippen LogP contribution in [0.3, 0.4) is 0 Å². The number of anilines is 1. The molecule has 20 heavy (non-hydrogen) atoms. The molecule has 3 heteroatoms. The second-order valence-electron chi connectivity index (χ2n) is 4.68. The number of nitrogen functional groups attached to an aromatic ring is 1. The minimum absolute atomic E-state index is 0.690. The quantitative estimate of drug-likeness (QED) is 0.720. The third kappa shape index (κ3) is 2.11. The molecule has 1 aromatic heterocycles. The molecule has 0 amide bonds. The lowest BCUT2D eigenvalue weighted by atomic mass is 9.85. The molecule has 0 aliphatic rings. The van der Waals surface area contributed by atoms with E-state index in [1.807, 2.05) is 72.1 Å². The molecule has 3 aromatic rings. The molecule has 2 aromatic carbocycles. The number of nitrogens with two attached hydrogens (primary N) is 1. The van der Waals surface area contributed by atoms with Gasteiger partial charge < -0.3 is 10.8 Å². The molecule has 1 atom stereocenters. The van der Waals surface area contributed by atoms with Crippen molar-refractivity contribution in [1.82, 2.24) is 0 Å². The number of thiophene rings is 1. The van der Waals surface area contributed by atoms with Gasteiger partial charge in [-0.3, -0.25) is 0 Å². The van der Waals surface area contributed by atoms with Gasteiger partial charge in [0.05, 0.1) is 0 Å². The number of benzene rings is 2. The van der Waals surface area contributed by atoms with Gasteiger partial charge in [-0.1, -0.05) is 48.5 Å². The summed E-state index contributed by atoms with van der Waals surface area (Å²) < 4.78 is 0. The summed E-state index contributed by atoms with van der Waals surface area (Å²) in [5.74, 6) is 0. The van der Waals surface area contributed by atoms with Crippen molar-refractivity contribution in [3.8, 4) is 0 Å². The van der Waals surface area contributed by atoms with Gasteiger partial charge in [-0.25, -0.2) is 0 Å². The maximum Gasteiger partial charge on any atom is 0.149 e. The van der Waals surface area contributed by atoms with E-state index in [4.69, 9.17) is 5.73 Å². The summed E-state index contributed by atoms with van der Waals surface area (Å²) in [4.78, 5) is 0.897. The average molecular weight is 281 g/mol. The highest BCUT2D eigenvalue weighted by Crippen LogP contribution is 2.38. The Balaban J connectivity index is 2.21. The molecule has 3 rings (SSSR count). The maximum atomic E-state index is 11.4. The number of aliphatic hydroxyl groups is 1. The largest absolute Gasteiger partial charge is 0.399 e. The highest BCUT2D eigenvalue weighted by molar-refractivity contribution is 7.10. The van der Waals surface area contributed by atoms with E-state index >= 15 is 0 Å². The van der Waals surface area contributed by atoms with Gasteiger partial charge in [-0.05, 0) is 34.7 Å². The molecule has 0 saturated carbocycles. The Bertz CT molecular complexity index is 677. The third-order valence-electron chi connectivity index (χ3n) is 3.40. The normalized spacial score (nSPS) is 13.8. The monoisotopic (exact) mass is 281 g/mol. The van der Waals surface area contributed by atoms with Crippen molar-refractivity contribution < 1.29 is 5.11 Å². The Labute approximate surface area is 122 Å². The first kappa shape index (κ1) is 12.9. The second-order valence-corrected chi connectivity index (χ2v) is 5.62. The molecule has 2 nitrogen and oxygen atoms in total. The number of hydrogen-bond donors (Lipinski definition) is 2. The van der Waals surface area contributed by atoms with E-state index in [1.54, 1.807) is 11.3 Å². The first-order chi connectivity index (χ1) is 9.71. The average Bonchev–Trinajstić information content (AvgIpc) is 3.03. The number of hydrogen-bond acceptors (Lipinski definition) is 3. The van der Waals surface area contributed by atoms with Crippen molar-refractivity contribution in [3.63, 3.8) is 0 Å². The van der Waals surface area contributed by atoms with Gasteiger partial charge >= 0.3 is 0 Å². The molecule has 0 saturated heterocycles. The van der Waals surface area contributed by atoms with Gasteiger partial charge in [0.1, 0.15) is 5.60 Å². The van der Waals surface area contributed by atoms with Crippen molar-refractivity contribution in [2.24, 2.45) is 0 Å². The van der Waals surface area contributed by atoms with Gasteiger partial charge in [-0.15, -0.1) is 11.3 Å². The summed E-state index contributed by atoms with van der Waals surface area (Å²) in [5.41, 5.74) is 6.98. The van der Waals surface area contributed by atoms with Crippen LogP contribution >= 0.6 is 11.3 Å². The van der Waals surface area contributed by atoms with Crippen LogP contribution in [0.4, 0.5) is 5.69 Å². The summed E-state index contributed by atoms with van der Waals surface area (Å²) in [6.07, 6.45) is 0. The molecule has 0 fully saturated rings. The van der Waals surface area contributed by atoms with Crippen molar-refractivity contribution >= 4 is 17.0 Å². The molecule has 0 aliphatic heterocycles. The minimum Gasteiger partial charge on any atom is -0.399 e. The smallest absolute Gasteiger partial charge is 0.149 e. The predicted octanol–water partition coefficient (Wildman–Crippen LogP) is 3.61. The molecule has 0 radical (unpaired) electrons. The van der Waals surface area contributed by atoms with Crippen LogP contribution in [0.15, 0.2) is 72.1 Å². The van der Waals surface area contributed by atoms with Crippen molar-refractivity contribution in [2.75, 3.05) is 5.73 Å². The van der Waals surface area contributed by atoms with Crippen LogP contribution in [0.5, 0.6) is 0 Å². The Morgan fingerprint density at radius 3 is 2.05 bits per heavy atom. The van der Waals surface area contributed by atoms with Gasteiger partial charge in [0, 0.05) is 10.6 Å². The van der Waals surface area contributed by atoms with Gasteiger partial charge in [0.15, 0.2) is 0 Å². The van der Waals surface area contributed by atoms with Crippen LogP contribution in [0.2, 0.25) is 0 Å². The molecule has 100 valence electrons. The van der Waals surface area contributed by atoms with Crippen LogP contribution in [-0.4, -0.2) is 5.11 Å². The first-order valence-electron chi connectivity index (χ1n) is 6.39. The van der Waals surface area contributed by atoms with Crippen LogP contribution in [0.1, 0.15) is 16.0 Å². The van der Waals surface area contributed by atoms with Crippen molar-refractivity contribution in [3.05, 3.63) is 88.1 Å². The summed E-state index contributed by atoms with van der Waals surface area (Å²) in [6, 6.07) is 21.0. The zero-order valence-corrected chi connectivity index (χ0v) is 11.7. The fraction of sp³-hybridized carbons (Fsp3) is 0.0588. The van der Waals surface area contributed by atoms with E-state index in [9.17, 15) is 5.11 Å². The lowest BCUT2D eigenvalue weighted by Gasteiger charge is -2.28. The molecule has 1 heterocycles. The van der Waals surface area contributed by atoms with Crippen molar-refractivity contribution in [1.29, 1.82) is 0 Å². The molecule has 0 bridgehead atoms. The first-order valence-corrected chi connectivity index (χ1v) is 7.27. The van der Waals surface area contributed by atoms with E-state index in [0.29, 0.717) is 5.69 Å². The van der Waals surface area contributed by atoms with Gasteiger partial charge in [0.2, 0.25) is 0 Å².